The molecule has 84 valence electrons. The molecule has 4 heteroatoms. The summed E-state index contributed by atoms with van der Waals surface area (Å²) in [6.07, 6.45) is 0. The first-order valence-electron chi connectivity index (χ1n) is 5.39. The Kier molecular flexibility index (Phi) is 3.47. The average Bonchev–Trinajstić information content (AvgIpc) is 2.28. The third-order valence-corrected chi connectivity index (χ3v) is 3.47. The smallest absolute Gasteiger partial charge is 0.103 e. The number of piperazine rings is 1. The molecule has 0 saturated carbocycles. The van der Waals surface area contributed by atoms with Crippen molar-refractivity contribution in [3.63, 3.8) is 0 Å². The summed E-state index contributed by atoms with van der Waals surface area (Å²) < 4.78 is 0.874. The van der Waals surface area contributed by atoms with Gasteiger partial charge in [-0.2, -0.15) is 5.26 Å². The van der Waals surface area contributed by atoms with Crippen LogP contribution in [0.2, 0.25) is 0 Å². The van der Waals surface area contributed by atoms with Crippen molar-refractivity contribution in [2.24, 2.45) is 0 Å². The SMILES string of the molecule is C[C@H]1CN(c2cccc(Br)c2C#N)CCN1. The van der Waals surface area contributed by atoms with E-state index in [2.05, 4.69) is 39.1 Å². The summed E-state index contributed by atoms with van der Waals surface area (Å²) >= 11 is 3.42. The van der Waals surface area contributed by atoms with Crippen molar-refractivity contribution in [2.75, 3.05) is 24.5 Å². The van der Waals surface area contributed by atoms with E-state index in [-0.39, 0.29) is 0 Å². The first kappa shape index (κ1) is 11.4. The lowest BCUT2D eigenvalue weighted by Crippen LogP contribution is -2.49. The van der Waals surface area contributed by atoms with Crippen molar-refractivity contribution in [3.05, 3.63) is 28.2 Å². The molecule has 1 saturated heterocycles. The lowest BCUT2D eigenvalue weighted by molar-refractivity contribution is 0.484. The van der Waals surface area contributed by atoms with Crippen LogP contribution in [0.4, 0.5) is 5.69 Å². The molecule has 1 N–H and O–H groups in total. The first-order valence-corrected chi connectivity index (χ1v) is 6.18. The molecule has 1 aromatic rings. The van der Waals surface area contributed by atoms with Crippen molar-refractivity contribution < 1.29 is 0 Å². The van der Waals surface area contributed by atoms with E-state index in [4.69, 9.17) is 0 Å². The Hall–Kier alpha value is -1.05. The zero-order valence-corrected chi connectivity index (χ0v) is 10.8. The summed E-state index contributed by atoms with van der Waals surface area (Å²) in [5.41, 5.74) is 1.77. The van der Waals surface area contributed by atoms with Gasteiger partial charge in [0, 0.05) is 30.1 Å². The highest BCUT2D eigenvalue weighted by atomic mass is 79.9. The zero-order chi connectivity index (χ0) is 11.5. The van der Waals surface area contributed by atoms with Crippen molar-refractivity contribution >= 4 is 21.6 Å². The van der Waals surface area contributed by atoms with Crippen LogP contribution in [-0.4, -0.2) is 25.7 Å². The van der Waals surface area contributed by atoms with Gasteiger partial charge >= 0.3 is 0 Å². The summed E-state index contributed by atoms with van der Waals surface area (Å²) in [5, 5.41) is 12.6. The quantitative estimate of drug-likeness (QED) is 0.856. The van der Waals surface area contributed by atoms with Crippen molar-refractivity contribution in [1.29, 1.82) is 5.26 Å². The zero-order valence-electron chi connectivity index (χ0n) is 9.20. The fourth-order valence-corrected chi connectivity index (χ4v) is 2.48. The Labute approximate surface area is 104 Å². The summed E-state index contributed by atoms with van der Waals surface area (Å²) in [6, 6.07) is 8.64. The average molecular weight is 280 g/mol. The van der Waals surface area contributed by atoms with Gasteiger partial charge < -0.3 is 10.2 Å². The largest absolute Gasteiger partial charge is 0.368 e. The maximum Gasteiger partial charge on any atom is 0.103 e. The number of nitriles is 1. The molecule has 1 atom stereocenters. The number of benzene rings is 1. The van der Waals surface area contributed by atoms with Crippen molar-refractivity contribution in [2.45, 2.75) is 13.0 Å². The molecule has 0 aromatic heterocycles. The van der Waals surface area contributed by atoms with E-state index in [1.54, 1.807) is 0 Å². The maximum atomic E-state index is 9.17. The van der Waals surface area contributed by atoms with Gasteiger partial charge in [0.2, 0.25) is 0 Å². The number of hydrogen-bond acceptors (Lipinski definition) is 3. The molecule has 1 heterocycles. The summed E-state index contributed by atoms with van der Waals surface area (Å²) in [5.74, 6) is 0. The summed E-state index contributed by atoms with van der Waals surface area (Å²) in [4.78, 5) is 2.27. The molecule has 0 bridgehead atoms. The van der Waals surface area contributed by atoms with Crippen LogP contribution in [0.3, 0.4) is 0 Å². The number of hydrogen-bond donors (Lipinski definition) is 1. The molecule has 0 radical (unpaired) electrons. The van der Waals surface area contributed by atoms with E-state index in [0.717, 1.165) is 35.4 Å². The van der Waals surface area contributed by atoms with E-state index in [0.29, 0.717) is 6.04 Å². The minimum Gasteiger partial charge on any atom is -0.368 e. The third kappa shape index (κ3) is 2.21. The van der Waals surface area contributed by atoms with Crippen LogP contribution >= 0.6 is 15.9 Å². The second-order valence-electron chi connectivity index (χ2n) is 4.05. The molecule has 3 nitrogen and oxygen atoms in total. The second-order valence-corrected chi connectivity index (χ2v) is 4.90. The van der Waals surface area contributed by atoms with Crippen LogP contribution in [0, 0.1) is 11.3 Å². The molecular formula is C12H14BrN3. The molecule has 2 rings (SSSR count). The number of halogens is 1. The molecule has 0 amide bonds. The van der Waals surface area contributed by atoms with Crippen LogP contribution in [0.15, 0.2) is 22.7 Å². The normalized spacial score (nSPS) is 20.6. The fourth-order valence-electron chi connectivity index (χ4n) is 2.04. The molecule has 1 aliphatic rings. The highest BCUT2D eigenvalue weighted by Crippen LogP contribution is 2.27. The Morgan fingerprint density at radius 1 is 1.56 bits per heavy atom. The number of nitrogens with zero attached hydrogens (tertiary/aromatic N) is 2. The predicted molar refractivity (Wildman–Crippen MR) is 68.5 cm³/mol. The van der Waals surface area contributed by atoms with Gasteiger partial charge in [0.05, 0.1) is 11.3 Å². The summed E-state index contributed by atoms with van der Waals surface area (Å²) in [7, 11) is 0. The topological polar surface area (TPSA) is 39.1 Å². The Morgan fingerprint density at radius 3 is 3.06 bits per heavy atom. The molecule has 1 fully saturated rings. The molecule has 16 heavy (non-hydrogen) atoms. The van der Waals surface area contributed by atoms with Gasteiger partial charge in [-0.15, -0.1) is 0 Å². The number of nitrogens with one attached hydrogen (secondary N) is 1. The van der Waals surface area contributed by atoms with Crippen molar-refractivity contribution in [3.8, 4) is 6.07 Å². The standard InChI is InChI=1S/C12H14BrN3/c1-9-8-16(6-5-15-9)12-4-2-3-11(13)10(12)7-14/h2-4,9,15H,5-6,8H2,1H3/t9-/m0/s1. The lowest BCUT2D eigenvalue weighted by Gasteiger charge is -2.34. The van der Waals surface area contributed by atoms with E-state index in [9.17, 15) is 5.26 Å². The van der Waals surface area contributed by atoms with Gasteiger partial charge in [0.25, 0.3) is 0 Å². The monoisotopic (exact) mass is 279 g/mol. The van der Waals surface area contributed by atoms with Gasteiger partial charge in [-0.1, -0.05) is 6.07 Å². The van der Waals surface area contributed by atoms with Crippen LogP contribution in [0.5, 0.6) is 0 Å². The third-order valence-electron chi connectivity index (χ3n) is 2.81. The van der Waals surface area contributed by atoms with Crippen LogP contribution in [-0.2, 0) is 0 Å². The number of anilines is 1. The van der Waals surface area contributed by atoms with E-state index < -0.39 is 0 Å². The van der Waals surface area contributed by atoms with Crippen LogP contribution in [0.25, 0.3) is 0 Å². The Bertz CT molecular complexity index is 425. The van der Waals surface area contributed by atoms with Crippen LogP contribution in [0.1, 0.15) is 12.5 Å². The molecule has 0 unspecified atom stereocenters. The minimum atomic E-state index is 0.472. The molecule has 0 spiro atoms. The van der Waals surface area contributed by atoms with Gasteiger partial charge in [-0.3, -0.25) is 0 Å². The van der Waals surface area contributed by atoms with Crippen molar-refractivity contribution in [1.82, 2.24) is 5.32 Å². The first-order chi connectivity index (χ1) is 7.72. The Morgan fingerprint density at radius 2 is 2.38 bits per heavy atom. The van der Waals surface area contributed by atoms with Crippen LogP contribution < -0.4 is 10.2 Å². The highest BCUT2D eigenvalue weighted by molar-refractivity contribution is 9.10. The Balaban J connectivity index is 2.33. The van der Waals surface area contributed by atoms with Gasteiger partial charge in [-0.05, 0) is 35.0 Å². The maximum absolute atomic E-state index is 9.17. The molecule has 0 aliphatic carbocycles. The molecular weight excluding hydrogens is 266 g/mol. The van der Waals surface area contributed by atoms with E-state index in [1.165, 1.54) is 0 Å². The fraction of sp³-hybridized carbons (Fsp3) is 0.417. The van der Waals surface area contributed by atoms with Gasteiger partial charge in [0.1, 0.15) is 6.07 Å². The molecule has 1 aromatic carbocycles. The van der Waals surface area contributed by atoms with E-state index in [1.807, 2.05) is 18.2 Å². The lowest BCUT2D eigenvalue weighted by atomic mass is 10.1. The second kappa shape index (κ2) is 4.86. The minimum absolute atomic E-state index is 0.472. The number of rotatable bonds is 1. The van der Waals surface area contributed by atoms with Gasteiger partial charge in [0.15, 0.2) is 0 Å². The highest BCUT2D eigenvalue weighted by Gasteiger charge is 2.19. The molecule has 1 aliphatic heterocycles. The van der Waals surface area contributed by atoms with Gasteiger partial charge in [-0.25, -0.2) is 0 Å². The predicted octanol–water partition coefficient (Wildman–Crippen LogP) is 2.12. The summed E-state index contributed by atoms with van der Waals surface area (Å²) in [6.45, 7) is 5.04. The van der Waals surface area contributed by atoms with E-state index >= 15 is 0 Å².